The van der Waals surface area contributed by atoms with Crippen LogP contribution >= 0.6 is 23.5 Å². The second-order valence-electron chi connectivity index (χ2n) is 4.97. The molecule has 0 radical (unpaired) electrons. The zero-order valence-electron chi connectivity index (χ0n) is 13.1. The smallest absolute Gasteiger partial charge is 0.271 e. The summed E-state index contributed by atoms with van der Waals surface area (Å²) in [6.45, 7) is 0. The average molecular weight is 392 g/mol. The van der Waals surface area contributed by atoms with E-state index in [1.165, 1.54) is 23.5 Å². The molecule has 3 aromatic rings. The Bertz CT molecular complexity index is 1060. The van der Waals surface area contributed by atoms with Crippen LogP contribution in [0.3, 0.4) is 0 Å². The van der Waals surface area contributed by atoms with Crippen LogP contribution in [-0.2, 0) is 11.5 Å². The third-order valence-electron chi connectivity index (χ3n) is 3.21. The van der Waals surface area contributed by atoms with Crippen molar-refractivity contribution < 1.29 is 0 Å². The molecule has 4 N–H and O–H groups in total. The van der Waals surface area contributed by atoms with Crippen molar-refractivity contribution in [3.63, 3.8) is 0 Å². The summed E-state index contributed by atoms with van der Waals surface area (Å²) in [6, 6.07) is 7.51. The third-order valence-corrected chi connectivity index (χ3v) is 5.22. The van der Waals surface area contributed by atoms with E-state index in [9.17, 15) is 19.2 Å². The maximum Gasteiger partial charge on any atom is 0.342 e. The van der Waals surface area contributed by atoms with Gasteiger partial charge in [-0.05, 0) is 11.1 Å². The molecule has 10 nitrogen and oxygen atoms in total. The highest BCUT2D eigenvalue weighted by Crippen LogP contribution is 2.24. The summed E-state index contributed by atoms with van der Waals surface area (Å²) in [5, 5.41) is 12.1. The van der Waals surface area contributed by atoms with E-state index in [4.69, 9.17) is 0 Å². The number of benzene rings is 1. The second kappa shape index (κ2) is 8.01. The molecule has 0 aliphatic heterocycles. The fraction of sp³-hybridized carbons (Fsp3) is 0.143. The maximum atomic E-state index is 11.7. The molecule has 12 heteroatoms. The molecule has 0 unspecified atom stereocenters. The number of rotatable bonds is 6. The van der Waals surface area contributed by atoms with Crippen LogP contribution in [0.15, 0.2) is 53.5 Å². The molecular weight excluding hydrogens is 380 g/mol. The van der Waals surface area contributed by atoms with Crippen LogP contribution in [0.25, 0.3) is 0 Å². The van der Waals surface area contributed by atoms with Gasteiger partial charge in [0.15, 0.2) is 10.1 Å². The zero-order chi connectivity index (χ0) is 18.5. The van der Waals surface area contributed by atoms with Gasteiger partial charge in [0.1, 0.15) is 0 Å². The Balaban J connectivity index is 1.73. The largest absolute Gasteiger partial charge is 0.342 e. The fourth-order valence-electron chi connectivity index (χ4n) is 2.00. The van der Waals surface area contributed by atoms with Crippen LogP contribution in [0.4, 0.5) is 0 Å². The molecule has 0 bridgehead atoms. The van der Waals surface area contributed by atoms with Gasteiger partial charge in [-0.1, -0.05) is 47.8 Å². The van der Waals surface area contributed by atoms with Gasteiger partial charge in [0, 0.05) is 11.5 Å². The third kappa shape index (κ3) is 4.40. The summed E-state index contributed by atoms with van der Waals surface area (Å²) < 4.78 is 0. The lowest BCUT2D eigenvalue weighted by molar-refractivity contribution is 0.806. The molecule has 134 valence electrons. The first kappa shape index (κ1) is 17.9. The van der Waals surface area contributed by atoms with Gasteiger partial charge in [-0.25, -0.2) is 19.8 Å². The first-order valence-electron chi connectivity index (χ1n) is 7.23. The lowest BCUT2D eigenvalue weighted by atomic mass is 10.1. The first-order chi connectivity index (χ1) is 12.5. The summed E-state index contributed by atoms with van der Waals surface area (Å²) in [6.07, 6.45) is 0. The number of nitrogens with zero attached hydrogens (tertiary/aromatic N) is 2. The summed E-state index contributed by atoms with van der Waals surface area (Å²) in [7, 11) is 0. The Kier molecular flexibility index (Phi) is 5.53. The van der Waals surface area contributed by atoms with E-state index in [2.05, 4.69) is 30.4 Å². The molecule has 2 aromatic heterocycles. The molecule has 0 aliphatic rings. The molecular formula is C14H12N6O4S2. The topological polar surface area (TPSA) is 157 Å². The van der Waals surface area contributed by atoms with Crippen LogP contribution in [0.5, 0.6) is 0 Å². The van der Waals surface area contributed by atoms with Gasteiger partial charge in [-0.3, -0.25) is 19.6 Å². The Morgan fingerprint density at radius 3 is 1.54 bits per heavy atom. The van der Waals surface area contributed by atoms with Crippen LogP contribution in [0.1, 0.15) is 11.1 Å². The molecule has 1 aromatic carbocycles. The Morgan fingerprint density at radius 2 is 1.15 bits per heavy atom. The number of nitrogens with one attached hydrogen (secondary N) is 4. The zero-order valence-corrected chi connectivity index (χ0v) is 14.7. The van der Waals surface area contributed by atoms with Crippen molar-refractivity contribution >= 4 is 23.5 Å². The van der Waals surface area contributed by atoms with Crippen LogP contribution in [0, 0.1) is 0 Å². The molecule has 0 atom stereocenters. The summed E-state index contributed by atoms with van der Waals surface area (Å²) >= 11 is 2.37. The molecule has 0 aliphatic carbocycles. The van der Waals surface area contributed by atoms with Gasteiger partial charge in [-0.2, -0.15) is 10.2 Å². The Labute approximate surface area is 152 Å². The van der Waals surface area contributed by atoms with Gasteiger partial charge in [0.25, 0.3) is 11.1 Å². The highest BCUT2D eigenvalue weighted by atomic mass is 32.2. The summed E-state index contributed by atoms with van der Waals surface area (Å²) in [5.74, 6) is 0.905. The van der Waals surface area contributed by atoms with E-state index < -0.39 is 22.5 Å². The van der Waals surface area contributed by atoms with Gasteiger partial charge < -0.3 is 0 Å². The molecule has 0 fully saturated rings. The second-order valence-corrected chi connectivity index (χ2v) is 6.90. The summed E-state index contributed by atoms with van der Waals surface area (Å²) in [4.78, 5) is 49.6. The van der Waals surface area contributed by atoms with Gasteiger partial charge in [0.05, 0.1) is 0 Å². The molecule has 26 heavy (non-hydrogen) atoms. The minimum Gasteiger partial charge on any atom is -0.271 e. The highest BCUT2D eigenvalue weighted by molar-refractivity contribution is 7.98. The molecule has 2 heterocycles. The first-order valence-corrected chi connectivity index (χ1v) is 9.20. The van der Waals surface area contributed by atoms with E-state index in [-0.39, 0.29) is 10.1 Å². The Hall–Kier alpha value is -2.86. The van der Waals surface area contributed by atoms with Gasteiger partial charge >= 0.3 is 11.4 Å². The van der Waals surface area contributed by atoms with E-state index >= 15 is 0 Å². The lowest BCUT2D eigenvalue weighted by Gasteiger charge is -2.08. The maximum absolute atomic E-state index is 11.7. The van der Waals surface area contributed by atoms with Crippen LogP contribution < -0.4 is 22.5 Å². The van der Waals surface area contributed by atoms with E-state index in [0.29, 0.717) is 11.5 Å². The van der Waals surface area contributed by atoms with Crippen molar-refractivity contribution in [1.82, 2.24) is 30.4 Å². The van der Waals surface area contributed by atoms with Crippen molar-refractivity contribution in [2.24, 2.45) is 0 Å². The van der Waals surface area contributed by atoms with Crippen molar-refractivity contribution in [2.75, 3.05) is 0 Å². The number of H-pyrrole nitrogens is 4. The standard InChI is InChI=1S/C14H12N6O4S2/c21-9-11(17-19-13(23)15-9)25-5-7-3-1-2-4-8(7)6-26-12-10(22)16-14(24)20-18-12/h1-4H,5-6H2,(H2,15,19,21,23)(H2,16,20,22,24). The Morgan fingerprint density at radius 1 is 0.731 bits per heavy atom. The normalized spacial score (nSPS) is 10.8. The van der Waals surface area contributed by atoms with Crippen LogP contribution in [-0.4, -0.2) is 30.4 Å². The van der Waals surface area contributed by atoms with E-state index in [0.717, 1.165) is 11.1 Å². The minimum atomic E-state index is -0.658. The van der Waals surface area contributed by atoms with Gasteiger partial charge in [-0.15, -0.1) is 0 Å². The quantitative estimate of drug-likeness (QED) is 0.421. The number of hydrogen-bond donors (Lipinski definition) is 4. The van der Waals surface area contributed by atoms with Crippen LogP contribution in [0.2, 0.25) is 0 Å². The molecule has 3 rings (SSSR count). The summed E-state index contributed by atoms with van der Waals surface area (Å²) in [5.41, 5.74) is -0.523. The molecule has 0 amide bonds. The molecule has 0 spiro atoms. The predicted octanol–water partition coefficient (Wildman–Crippen LogP) is -0.186. The van der Waals surface area contributed by atoms with E-state index in [1.807, 2.05) is 24.3 Å². The van der Waals surface area contributed by atoms with Crippen molar-refractivity contribution in [3.8, 4) is 0 Å². The fourth-order valence-corrected chi connectivity index (χ4v) is 3.73. The SMILES string of the molecule is O=c1[nH]nc(SCc2ccccc2CSc2n[nH]c(=O)[nH]c2=O)c(=O)[nH]1. The van der Waals surface area contributed by atoms with E-state index in [1.54, 1.807) is 0 Å². The average Bonchev–Trinajstić information content (AvgIpc) is 2.61. The minimum absolute atomic E-state index is 0.158. The molecule has 0 saturated heterocycles. The monoisotopic (exact) mass is 392 g/mol. The number of aromatic amines is 4. The lowest BCUT2D eigenvalue weighted by Crippen LogP contribution is -2.25. The van der Waals surface area contributed by atoms with Gasteiger partial charge in [0.2, 0.25) is 0 Å². The van der Waals surface area contributed by atoms with Crippen molar-refractivity contribution in [2.45, 2.75) is 21.6 Å². The number of aromatic nitrogens is 6. The van der Waals surface area contributed by atoms with Crippen molar-refractivity contribution in [3.05, 3.63) is 77.1 Å². The predicted molar refractivity (Wildman–Crippen MR) is 96.5 cm³/mol. The molecule has 0 saturated carbocycles. The highest BCUT2D eigenvalue weighted by Gasteiger charge is 2.09. The number of hydrogen-bond acceptors (Lipinski definition) is 8. The van der Waals surface area contributed by atoms with Crippen molar-refractivity contribution in [1.29, 1.82) is 0 Å². The number of thioether (sulfide) groups is 2.